The Morgan fingerprint density at radius 2 is 1.83 bits per heavy atom. The first kappa shape index (κ1) is 25.7. The molecule has 1 aromatic heterocycles. The third-order valence-corrected chi connectivity index (χ3v) is 7.04. The van der Waals surface area contributed by atoms with Crippen LogP contribution in [0.25, 0.3) is 0 Å². The molecule has 4 rings (SSSR count). The molecule has 0 bridgehead atoms. The molecule has 1 saturated carbocycles. The average molecular weight is 525 g/mol. The quantitative estimate of drug-likeness (QED) is 0.396. The molecule has 1 fully saturated rings. The van der Waals surface area contributed by atoms with Gasteiger partial charge in [0.2, 0.25) is 5.91 Å². The summed E-state index contributed by atoms with van der Waals surface area (Å²) in [7, 11) is 1.25. The zero-order valence-corrected chi connectivity index (χ0v) is 20.5. The summed E-state index contributed by atoms with van der Waals surface area (Å²) in [6.07, 6.45) is -0.827. The molecule has 3 N–H and O–H groups in total. The first-order chi connectivity index (χ1) is 16.8. The summed E-state index contributed by atoms with van der Waals surface area (Å²) in [4.78, 5) is 51.6. The first-order valence-electron chi connectivity index (χ1n) is 11.3. The van der Waals surface area contributed by atoms with Crippen molar-refractivity contribution in [3.8, 4) is 0 Å². The van der Waals surface area contributed by atoms with Gasteiger partial charge < -0.3 is 20.5 Å². The van der Waals surface area contributed by atoms with Crippen molar-refractivity contribution in [2.75, 3.05) is 12.4 Å². The Labute approximate surface area is 209 Å². The number of fused-ring (bicyclic) bond motifs is 1. The van der Waals surface area contributed by atoms with Gasteiger partial charge in [-0.3, -0.25) is 19.2 Å². The topological polar surface area (TPSA) is 109 Å². The number of carbonyl (C=O) groups excluding carboxylic acids is 4. The number of likely N-dealkylation sites (N-methyl/N-ethyl adjacent to an activating group) is 1. The molecule has 2 aliphatic rings. The van der Waals surface area contributed by atoms with Crippen molar-refractivity contribution >= 4 is 40.8 Å². The van der Waals surface area contributed by atoms with E-state index in [-0.39, 0.29) is 33.6 Å². The molecular weight excluding hydrogens is 501 g/mol. The van der Waals surface area contributed by atoms with E-state index in [0.717, 1.165) is 6.07 Å². The van der Waals surface area contributed by atoms with Gasteiger partial charge in [0.05, 0.1) is 10.6 Å². The Balaban J connectivity index is 1.66. The van der Waals surface area contributed by atoms with Gasteiger partial charge in [0, 0.05) is 37.3 Å². The number of benzene rings is 1. The van der Waals surface area contributed by atoms with Crippen LogP contribution in [0.3, 0.4) is 0 Å². The van der Waals surface area contributed by atoms with Gasteiger partial charge in [0.25, 0.3) is 23.5 Å². The van der Waals surface area contributed by atoms with Crippen LogP contribution in [-0.2, 0) is 16.0 Å². The molecule has 0 radical (unpaired) electrons. The standard InChI is InChI=1S/C24H24ClF3N4O4/c1-11-4-7-16-17(19(33)21(35)31-23(22(36)29-3)9-24(27,28)10-23)12(2)18(32(11)16)20(34)30-13-5-6-15(26)14(25)8-13/h5-6,8,11H,4,7,9-10H2,1-3H3,(H,29,36)(H,30,34)(H,31,35)/t11-/m1/s1. The van der Waals surface area contributed by atoms with Crippen LogP contribution in [0.15, 0.2) is 18.2 Å². The number of alkyl halides is 2. The third-order valence-electron chi connectivity index (χ3n) is 6.75. The van der Waals surface area contributed by atoms with Gasteiger partial charge in [-0.1, -0.05) is 11.6 Å². The number of nitrogens with zero attached hydrogens (tertiary/aromatic N) is 1. The van der Waals surface area contributed by atoms with E-state index in [9.17, 15) is 32.3 Å². The molecule has 36 heavy (non-hydrogen) atoms. The van der Waals surface area contributed by atoms with Crippen molar-refractivity contribution in [2.24, 2.45) is 0 Å². The second-order valence-corrected chi connectivity index (χ2v) is 9.70. The van der Waals surface area contributed by atoms with Crippen LogP contribution in [0.2, 0.25) is 5.02 Å². The monoisotopic (exact) mass is 524 g/mol. The van der Waals surface area contributed by atoms with Crippen molar-refractivity contribution in [3.63, 3.8) is 0 Å². The van der Waals surface area contributed by atoms with Crippen molar-refractivity contribution in [2.45, 2.75) is 57.0 Å². The van der Waals surface area contributed by atoms with Crippen molar-refractivity contribution in [3.05, 3.63) is 51.6 Å². The van der Waals surface area contributed by atoms with Crippen LogP contribution < -0.4 is 16.0 Å². The summed E-state index contributed by atoms with van der Waals surface area (Å²) < 4.78 is 42.4. The largest absolute Gasteiger partial charge is 0.357 e. The van der Waals surface area contributed by atoms with E-state index in [0.29, 0.717) is 18.5 Å². The van der Waals surface area contributed by atoms with E-state index < -0.39 is 53.6 Å². The number of amides is 3. The predicted octanol–water partition coefficient (Wildman–Crippen LogP) is 3.56. The van der Waals surface area contributed by atoms with Crippen molar-refractivity contribution < 1.29 is 32.3 Å². The van der Waals surface area contributed by atoms with Gasteiger partial charge >= 0.3 is 0 Å². The number of carbonyl (C=O) groups is 4. The Hall–Kier alpha value is -3.34. The highest BCUT2D eigenvalue weighted by Gasteiger charge is 2.62. The minimum absolute atomic E-state index is 0.00252. The number of hydrogen-bond acceptors (Lipinski definition) is 4. The lowest BCUT2D eigenvalue weighted by Crippen LogP contribution is -2.69. The molecule has 12 heteroatoms. The molecule has 1 aliphatic heterocycles. The molecule has 0 unspecified atom stereocenters. The summed E-state index contributed by atoms with van der Waals surface area (Å²) in [5, 5.41) is 6.91. The Kier molecular flexibility index (Phi) is 6.40. The number of rotatable bonds is 6. The molecule has 1 aliphatic carbocycles. The number of aromatic nitrogens is 1. The maximum Gasteiger partial charge on any atom is 0.293 e. The molecule has 1 aromatic carbocycles. The Morgan fingerprint density at radius 3 is 2.42 bits per heavy atom. The zero-order valence-electron chi connectivity index (χ0n) is 19.7. The molecule has 3 amide bonds. The highest BCUT2D eigenvalue weighted by atomic mass is 35.5. The minimum Gasteiger partial charge on any atom is -0.357 e. The lowest BCUT2D eigenvalue weighted by Gasteiger charge is -2.45. The van der Waals surface area contributed by atoms with Crippen LogP contribution in [0.4, 0.5) is 18.9 Å². The summed E-state index contributed by atoms with van der Waals surface area (Å²) in [6.45, 7) is 3.37. The fourth-order valence-corrected chi connectivity index (χ4v) is 5.27. The van der Waals surface area contributed by atoms with Crippen molar-refractivity contribution in [1.29, 1.82) is 0 Å². The second kappa shape index (κ2) is 8.95. The molecule has 0 saturated heterocycles. The summed E-state index contributed by atoms with van der Waals surface area (Å²) in [5.41, 5.74) is -0.821. The molecule has 0 spiro atoms. The molecule has 192 valence electrons. The second-order valence-electron chi connectivity index (χ2n) is 9.29. The van der Waals surface area contributed by atoms with E-state index in [2.05, 4.69) is 16.0 Å². The minimum atomic E-state index is -3.14. The van der Waals surface area contributed by atoms with E-state index in [1.807, 2.05) is 6.92 Å². The third kappa shape index (κ3) is 4.25. The fraction of sp³-hybridized carbons (Fsp3) is 0.417. The van der Waals surface area contributed by atoms with Crippen LogP contribution in [0.5, 0.6) is 0 Å². The van der Waals surface area contributed by atoms with E-state index in [1.165, 1.54) is 26.1 Å². The van der Waals surface area contributed by atoms with Gasteiger partial charge in [-0.05, 0) is 50.5 Å². The van der Waals surface area contributed by atoms with Gasteiger partial charge in [-0.15, -0.1) is 0 Å². The smallest absolute Gasteiger partial charge is 0.293 e. The number of Topliss-reactive ketones (excluding diaryl/α,β-unsaturated/α-hetero) is 1. The van der Waals surface area contributed by atoms with E-state index in [4.69, 9.17) is 11.6 Å². The van der Waals surface area contributed by atoms with Gasteiger partial charge in [-0.25, -0.2) is 13.2 Å². The highest BCUT2D eigenvalue weighted by molar-refractivity contribution is 6.44. The van der Waals surface area contributed by atoms with Crippen LogP contribution >= 0.6 is 11.6 Å². The molecule has 8 nitrogen and oxygen atoms in total. The molecular formula is C24H24ClF3N4O4. The summed E-state index contributed by atoms with van der Waals surface area (Å²) in [6, 6.07) is 3.51. The number of halogens is 4. The molecule has 2 aromatic rings. The molecule has 2 heterocycles. The first-order valence-corrected chi connectivity index (χ1v) is 11.6. The van der Waals surface area contributed by atoms with E-state index >= 15 is 0 Å². The Morgan fingerprint density at radius 1 is 1.17 bits per heavy atom. The lowest BCUT2D eigenvalue weighted by molar-refractivity contribution is -0.164. The SMILES string of the molecule is CNC(=O)C1(NC(=O)C(=O)c2c(C)c(C(=O)Nc3ccc(F)c(Cl)c3)n3c2CC[C@H]3C)CC(F)(F)C1. The Bertz CT molecular complexity index is 1300. The highest BCUT2D eigenvalue weighted by Crippen LogP contribution is 2.46. The fourth-order valence-electron chi connectivity index (χ4n) is 5.09. The van der Waals surface area contributed by atoms with Gasteiger partial charge in [0.15, 0.2) is 0 Å². The van der Waals surface area contributed by atoms with Gasteiger partial charge in [-0.2, -0.15) is 0 Å². The average Bonchev–Trinajstić information content (AvgIpc) is 3.29. The number of anilines is 1. The van der Waals surface area contributed by atoms with Crippen LogP contribution in [-0.4, -0.2) is 46.6 Å². The molecule has 1 atom stereocenters. The van der Waals surface area contributed by atoms with Crippen LogP contribution in [0, 0.1) is 12.7 Å². The van der Waals surface area contributed by atoms with Crippen molar-refractivity contribution in [1.82, 2.24) is 15.2 Å². The summed E-state index contributed by atoms with van der Waals surface area (Å²) >= 11 is 5.80. The maximum atomic E-state index is 13.6. The van der Waals surface area contributed by atoms with Crippen LogP contribution in [0.1, 0.15) is 64.3 Å². The maximum absolute atomic E-state index is 13.6. The van der Waals surface area contributed by atoms with E-state index in [1.54, 1.807) is 4.57 Å². The zero-order chi connectivity index (χ0) is 26.6. The number of hydrogen-bond donors (Lipinski definition) is 3. The number of ketones is 1. The normalized spacial score (nSPS) is 19.1. The van der Waals surface area contributed by atoms with Gasteiger partial charge in [0.1, 0.15) is 17.1 Å². The summed E-state index contributed by atoms with van der Waals surface area (Å²) in [5.74, 6) is -7.43. The number of nitrogens with one attached hydrogen (secondary N) is 3. The lowest BCUT2D eigenvalue weighted by atomic mass is 9.72. The predicted molar refractivity (Wildman–Crippen MR) is 125 cm³/mol.